The SMILES string of the molecule is CCC/C=C\CCCCCCCC(=O)OCC(COC(=O)CCCCCCCCCCC/C=C\CCCCCCCC)OC(=O)CCCCCCC/C=C\CCCCCCC. The maximum Gasteiger partial charge on any atom is 0.306 e. The van der Waals surface area contributed by atoms with E-state index >= 15 is 0 Å². The Morgan fingerprint density at radius 3 is 0.885 bits per heavy atom. The van der Waals surface area contributed by atoms with E-state index in [1.165, 1.54) is 161 Å². The molecule has 0 heterocycles. The number of hydrogen-bond acceptors (Lipinski definition) is 6. The van der Waals surface area contributed by atoms with Crippen LogP contribution in [0.5, 0.6) is 0 Å². The van der Waals surface area contributed by atoms with Gasteiger partial charge in [0.2, 0.25) is 0 Å². The van der Waals surface area contributed by atoms with Crippen LogP contribution in [0.2, 0.25) is 0 Å². The van der Waals surface area contributed by atoms with Gasteiger partial charge in [0.25, 0.3) is 0 Å². The molecule has 1 unspecified atom stereocenters. The van der Waals surface area contributed by atoms with Gasteiger partial charge in [0.05, 0.1) is 0 Å². The van der Waals surface area contributed by atoms with Gasteiger partial charge in [-0.3, -0.25) is 14.4 Å². The summed E-state index contributed by atoms with van der Waals surface area (Å²) in [6, 6.07) is 0. The molecule has 0 bridgehead atoms. The molecule has 0 spiro atoms. The van der Waals surface area contributed by atoms with E-state index in [2.05, 4.69) is 57.2 Å². The van der Waals surface area contributed by atoms with E-state index in [-0.39, 0.29) is 31.1 Å². The molecule has 0 radical (unpaired) electrons. The number of hydrogen-bond donors (Lipinski definition) is 0. The average Bonchev–Trinajstić information content (AvgIpc) is 3.26. The molecule has 0 aliphatic heterocycles. The highest BCUT2D eigenvalue weighted by molar-refractivity contribution is 5.71. The zero-order valence-electron chi connectivity index (χ0n) is 40.7. The molecule has 6 heteroatoms. The lowest BCUT2D eigenvalue weighted by Gasteiger charge is -2.18. The summed E-state index contributed by atoms with van der Waals surface area (Å²) in [6.07, 6.45) is 58.5. The fourth-order valence-electron chi connectivity index (χ4n) is 7.55. The van der Waals surface area contributed by atoms with Crippen molar-refractivity contribution in [1.29, 1.82) is 0 Å². The van der Waals surface area contributed by atoms with Crippen LogP contribution >= 0.6 is 0 Å². The molecule has 6 nitrogen and oxygen atoms in total. The van der Waals surface area contributed by atoms with Crippen LogP contribution < -0.4 is 0 Å². The first-order valence-electron chi connectivity index (χ1n) is 26.5. The maximum atomic E-state index is 12.8. The van der Waals surface area contributed by atoms with Gasteiger partial charge >= 0.3 is 17.9 Å². The Balaban J connectivity index is 4.30. The topological polar surface area (TPSA) is 78.9 Å². The van der Waals surface area contributed by atoms with Gasteiger partial charge in [-0.2, -0.15) is 0 Å². The van der Waals surface area contributed by atoms with Crippen LogP contribution in [-0.4, -0.2) is 37.2 Å². The Morgan fingerprint density at radius 2 is 0.574 bits per heavy atom. The van der Waals surface area contributed by atoms with Crippen molar-refractivity contribution in [1.82, 2.24) is 0 Å². The molecular weight excluding hydrogens is 757 g/mol. The highest BCUT2D eigenvalue weighted by Crippen LogP contribution is 2.15. The van der Waals surface area contributed by atoms with Gasteiger partial charge in [-0.15, -0.1) is 0 Å². The Labute approximate surface area is 378 Å². The molecule has 0 saturated carbocycles. The third-order valence-electron chi connectivity index (χ3n) is 11.6. The summed E-state index contributed by atoms with van der Waals surface area (Å²) >= 11 is 0. The van der Waals surface area contributed by atoms with Gasteiger partial charge in [-0.05, 0) is 89.9 Å². The third-order valence-corrected chi connectivity index (χ3v) is 11.6. The van der Waals surface area contributed by atoms with Crippen molar-refractivity contribution in [2.24, 2.45) is 0 Å². The van der Waals surface area contributed by atoms with Crippen molar-refractivity contribution in [3.63, 3.8) is 0 Å². The van der Waals surface area contributed by atoms with Gasteiger partial charge in [-0.25, -0.2) is 0 Å². The molecule has 61 heavy (non-hydrogen) atoms. The molecule has 0 aliphatic carbocycles. The summed E-state index contributed by atoms with van der Waals surface area (Å²) in [5.74, 6) is -0.891. The Hall–Kier alpha value is -2.37. The van der Waals surface area contributed by atoms with E-state index in [1.807, 2.05) is 0 Å². The first-order valence-corrected chi connectivity index (χ1v) is 26.5. The zero-order chi connectivity index (χ0) is 44.4. The molecule has 0 N–H and O–H groups in total. The average molecular weight is 857 g/mol. The standard InChI is InChI=1S/C55H100O6/c1-4-7-10-13-16-19-22-24-26-27-28-29-30-32-33-36-39-42-45-48-54(57)60-51-52(50-59-53(56)47-44-41-38-35-21-18-15-12-9-6-3)61-55(58)49-46-43-40-37-34-31-25-23-20-17-14-11-8-5-2/h12,15,23-26,52H,4-11,13-14,16-22,27-51H2,1-3H3/b15-12-,25-23-,26-24-. The van der Waals surface area contributed by atoms with Crippen molar-refractivity contribution < 1.29 is 28.6 Å². The smallest absolute Gasteiger partial charge is 0.306 e. The van der Waals surface area contributed by atoms with Crippen LogP contribution in [0.25, 0.3) is 0 Å². The van der Waals surface area contributed by atoms with E-state index in [4.69, 9.17) is 14.2 Å². The maximum absolute atomic E-state index is 12.8. The van der Waals surface area contributed by atoms with Crippen molar-refractivity contribution >= 4 is 17.9 Å². The minimum atomic E-state index is -0.777. The van der Waals surface area contributed by atoms with Crippen molar-refractivity contribution in [2.45, 2.75) is 284 Å². The molecule has 0 aromatic heterocycles. The second-order valence-electron chi connectivity index (χ2n) is 17.8. The molecule has 0 rings (SSSR count). The number of carbonyl (C=O) groups excluding carboxylic acids is 3. The minimum absolute atomic E-state index is 0.0776. The summed E-state index contributed by atoms with van der Waals surface area (Å²) in [5.41, 5.74) is 0. The number of esters is 3. The number of unbranched alkanes of at least 4 members (excludes halogenated alkanes) is 31. The first-order chi connectivity index (χ1) is 30.0. The Kier molecular flexibility index (Phi) is 48.3. The number of rotatable bonds is 48. The fraction of sp³-hybridized carbons (Fsp3) is 0.836. The number of ether oxygens (including phenoxy) is 3. The van der Waals surface area contributed by atoms with Crippen molar-refractivity contribution in [3.05, 3.63) is 36.5 Å². The molecule has 1 atom stereocenters. The van der Waals surface area contributed by atoms with Gasteiger partial charge in [0, 0.05) is 19.3 Å². The first kappa shape index (κ1) is 58.6. The normalized spacial score (nSPS) is 12.2. The monoisotopic (exact) mass is 857 g/mol. The molecule has 0 aromatic carbocycles. The quantitative estimate of drug-likeness (QED) is 0.0262. The summed E-state index contributed by atoms with van der Waals surface area (Å²) in [4.78, 5) is 37.9. The van der Waals surface area contributed by atoms with Gasteiger partial charge in [0.15, 0.2) is 6.10 Å². The molecule has 0 aromatic rings. The predicted molar refractivity (Wildman–Crippen MR) is 261 cm³/mol. The summed E-state index contributed by atoms with van der Waals surface area (Å²) in [7, 11) is 0. The Bertz CT molecular complexity index is 1030. The van der Waals surface area contributed by atoms with E-state index in [9.17, 15) is 14.4 Å². The lowest BCUT2D eigenvalue weighted by Crippen LogP contribution is -2.30. The number of carbonyl (C=O) groups is 3. The summed E-state index contributed by atoms with van der Waals surface area (Å²) in [5, 5.41) is 0. The van der Waals surface area contributed by atoms with Crippen LogP contribution in [0.1, 0.15) is 278 Å². The van der Waals surface area contributed by atoms with Crippen molar-refractivity contribution in [3.8, 4) is 0 Å². The molecular formula is C55H100O6. The molecule has 0 aliphatic rings. The highest BCUT2D eigenvalue weighted by Gasteiger charge is 2.19. The van der Waals surface area contributed by atoms with Gasteiger partial charge < -0.3 is 14.2 Å². The molecule has 0 fully saturated rings. The van der Waals surface area contributed by atoms with E-state index in [0.717, 1.165) is 77.0 Å². The molecule has 0 saturated heterocycles. The van der Waals surface area contributed by atoms with Gasteiger partial charge in [0.1, 0.15) is 13.2 Å². The van der Waals surface area contributed by atoms with Crippen molar-refractivity contribution in [2.75, 3.05) is 13.2 Å². The molecule has 356 valence electrons. The third kappa shape index (κ3) is 48.5. The minimum Gasteiger partial charge on any atom is -0.462 e. The second kappa shape index (κ2) is 50.3. The van der Waals surface area contributed by atoms with Gasteiger partial charge in [-0.1, -0.05) is 205 Å². The molecule has 0 amide bonds. The zero-order valence-corrected chi connectivity index (χ0v) is 40.7. The highest BCUT2D eigenvalue weighted by atomic mass is 16.6. The van der Waals surface area contributed by atoms with Crippen LogP contribution in [0, 0.1) is 0 Å². The summed E-state index contributed by atoms with van der Waals surface area (Å²) < 4.78 is 16.8. The fourth-order valence-corrected chi connectivity index (χ4v) is 7.55. The number of allylic oxidation sites excluding steroid dienone is 6. The largest absolute Gasteiger partial charge is 0.462 e. The van der Waals surface area contributed by atoms with Crippen LogP contribution in [0.4, 0.5) is 0 Å². The van der Waals surface area contributed by atoms with Crippen LogP contribution in [0.15, 0.2) is 36.5 Å². The van der Waals surface area contributed by atoms with E-state index < -0.39 is 6.10 Å². The predicted octanol–water partition coefficient (Wildman–Crippen LogP) is 17.3. The van der Waals surface area contributed by atoms with E-state index in [0.29, 0.717) is 19.3 Å². The summed E-state index contributed by atoms with van der Waals surface area (Å²) in [6.45, 7) is 6.57. The van der Waals surface area contributed by atoms with E-state index in [1.54, 1.807) is 0 Å². The van der Waals surface area contributed by atoms with Crippen LogP contribution in [-0.2, 0) is 28.6 Å². The second-order valence-corrected chi connectivity index (χ2v) is 17.8. The van der Waals surface area contributed by atoms with Crippen LogP contribution in [0.3, 0.4) is 0 Å². The lowest BCUT2D eigenvalue weighted by molar-refractivity contribution is -0.167. The lowest BCUT2D eigenvalue weighted by atomic mass is 10.1. The Morgan fingerprint density at radius 1 is 0.311 bits per heavy atom.